The zero-order valence-corrected chi connectivity index (χ0v) is 14.3. The van der Waals surface area contributed by atoms with Crippen LogP contribution in [0.4, 0.5) is 4.39 Å². The van der Waals surface area contributed by atoms with E-state index in [1.807, 2.05) is 0 Å². The third-order valence-electron chi connectivity index (χ3n) is 4.60. The van der Waals surface area contributed by atoms with Crippen LogP contribution >= 0.6 is 0 Å². The molecule has 1 atom stereocenters. The first-order valence-electron chi connectivity index (χ1n) is 8.48. The predicted octanol–water partition coefficient (Wildman–Crippen LogP) is 2.51. The Kier molecular flexibility index (Phi) is 4.24. The summed E-state index contributed by atoms with van der Waals surface area (Å²) in [4.78, 5) is 19.0. The van der Waals surface area contributed by atoms with Crippen LogP contribution in [0.1, 0.15) is 46.7 Å². The number of aryl methyl sites for hydroxylation is 1. The van der Waals surface area contributed by atoms with Crippen LogP contribution < -0.4 is 0 Å². The van der Waals surface area contributed by atoms with Gasteiger partial charge in [-0.25, -0.2) is 4.39 Å². The van der Waals surface area contributed by atoms with E-state index in [2.05, 4.69) is 15.2 Å². The van der Waals surface area contributed by atoms with Crippen molar-refractivity contribution in [3.63, 3.8) is 0 Å². The second-order valence-corrected chi connectivity index (χ2v) is 6.35. The molecule has 1 unspecified atom stereocenters. The lowest BCUT2D eigenvalue weighted by atomic mass is 10.1. The van der Waals surface area contributed by atoms with E-state index in [4.69, 9.17) is 4.52 Å². The maximum absolute atomic E-state index is 13.0. The highest BCUT2D eigenvalue weighted by molar-refractivity contribution is 5.92. The number of rotatable bonds is 4. The first-order chi connectivity index (χ1) is 12.6. The summed E-state index contributed by atoms with van der Waals surface area (Å²) in [5.41, 5.74) is 1.43. The van der Waals surface area contributed by atoms with Crippen LogP contribution in [0, 0.1) is 5.82 Å². The van der Waals surface area contributed by atoms with E-state index in [0.717, 1.165) is 18.4 Å². The Morgan fingerprint density at radius 3 is 2.85 bits per heavy atom. The highest BCUT2D eigenvalue weighted by atomic mass is 19.1. The summed E-state index contributed by atoms with van der Waals surface area (Å²) >= 11 is 0. The number of hydrogen-bond donors (Lipinski definition) is 0. The molecule has 0 aliphatic carbocycles. The fraction of sp³-hybridized carbons (Fsp3) is 0.333. The zero-order chi connectivity index (χ0) is 18.1. The number of amides is 1. The number of halogens is 1. The lowest BCUT2D eigenvalue weighted by Gasteiger charge is -2.21. The normalized spacial score (nSPS) is 17.0. The number of aromatic nitrogens is 4. The summed E-state index contributed by atoms with van der Waals surface area (Å²) in [6.07, 6.45) is 3.71. The van der Waals surface area contributed by atoms with Crippen LogP contribution in [0.2, 0.25) is 0 Å². The van der Waals surface area contributed by atoms with E-state index in [-0.39, 0.29) is 17.8 Å². The Balaban J connectivity index is 1.52. The number of likely N-dealkylation sites (tertiary alicyclic amines) is 1. The first kappa shape index (κ1) is 16.4. The minimum Gasteiger partial charge on any atom is -0.337 e. The van der Waals surface area contributed by atoms with Gasteiger partial charge >= 0.3 is 0 Å². The fourth-order valence-corrected chi connectivity index (χ4v) is 3.26. The average molecular weight is 355 g/mol. The molecule has 0 N–H and O–H groups in total. The van der Waals surface area contributed by atoms with E-state index < -0.39 is 0 Å². The summed E-state index contributed by atoms with van der Waals surface area (Å²) in [7, 11) is 1.74. The van der Waals surface area contributed by atoms with Crippen molar-refractivity contribution in [2.45, 2.75) is 25.3 Å². The molecular formula is C18H18FN5O2. The Bertz CT molecular complexity index is 918. The van der Waals surface area contributed by atoms with Crippen molar-refractivity contribution >= 4 is 5.91 Å². The second kappa shape index (κ2) is 6.70. The van der Waals surface area contributed by atoms with Crippen molar-refractivity contribution in [2.75, 3.05) is 6.54 Å². The highest BCUT2D eigenvalue weighted by Gasteiger charge is 2.35. The Labute approximate surface area is 149 Å². The molecule has 1 amide bonds. The lowest BCUT2D eigenvalue weighted by molar-refractivity contribution is 0.0699. The predicted molar refractivity (Wildman–Crippen MR) is 89.7 cm³/mol. The molecule has 1 aliphatic heterocycles. The Hall–Kier alpha value is -3.03. The molecule has 0 bridgehead atoms. The van der Waals surface area contributed by atoms with E-state index >= 15 is 0 Å². The van der Waals surface area contributed by atoms with Gasteiger partial charge in [-0.1, -0.05) is 17.3 Å². The molecule has 2 aromatic heterocycles. The topological polar surface area (TPSA) is 77.1 Å². The second-order valence-electron chi connectivity index (χ2n) is 6.35. The van der Waals surface area contributed by atoms with Crippen LogP contribution in [0.15, 0.2) is 41.1 Å². The van der Waals surface area contributed by atoms with Gasteiger partial charge in [0, 0.05) is 26.2 Å². The van der Waals surface area contributed by atoms with Gasteiger partial charge in [0.05, 0.1) is 0 Å². The van der Waals surface area contributed by atoms with Gasteiger partial charge in [0.1, 0.15) is 17.6 Å². The molecule has 134 valence electrons. The van der Waals surface area contributed by atoms with Crippen molar-refractivity contribution in [1.29, 1.82) is 0 Å². The number of benzene rings is 1. The van der Waals surface area contributed by atoms with Gasteiger partial charge in [0.15, 0.2) is 5.82 Å². The molecule has 3 aromatic rings. The van der Waals surface area contributed by atoms with E-state index in [1.165, 1.54) is 12.1 Å². The third kappa shape index (κ3) is 3.10. The molecule has 8 heteroatoms. The van der Waals surface area contributed by atoms with Crippen LogP contribution in [-0.2, 0) is 13.5 Å². The van der Waals surface area contributed by atoms with Crippen molar-refractivity contribution in [2.24, 2.45) is 7.05 Å². The summed E-state index contributed by atoms with van der Waals surface area (Å²) in [6.45, 7) is 0.643. The minimum absolute atomic E-state index is 0.0919. The van der Waals surface area contributed by atoms with Crippen molar-refractivity contribution in [3.8, 4) is 0 Å². The van der Waals surface area contributed by atoms with E-state index in [0.29, 0.717) is 30.4 Å². The summed E-state index contributed by atoms with van der Waals surface area (Å²) in [6, 6.07) is 7.67. The summed E-state index contributed by atoms with van der Waals surface area (Å²) in [5.74, 6) is 0.588. The monoisotopic (exact) mass is 355 g/mol. The zero-order valence-electron chi connectivity index (χ0n) is 14.3. The molecule has 0 spiro atoms. The van der Waals surface area contributed by atoms with Crippen molar-refractivity contribution in [3.05, 3.63) is 65.3 Å². The largest absolute Gasteiger partial charge is 0.337 e. The quantitative estimate of drug-likeness (QED) is 0.719. The molecule has 1 fully saturated rings. The van der Waals surface area contributed by atoms with E-state index in [9.17, 15) is 9.18 Å². The van der Waals surface area contributed by atoms with Crippen molar-refractivity contribution in [1.82, 2.24) is 24.8 Å². The molecule has 1 aliphatic rings. The average Bonchev–Trinajstić information content (AvgIpc) is 3.36. The molecule has 0 saturated carbocycles. The molecule has 4 rings (SSSR count). The molecule has 7 nitrogen and oxygen atoms in total. The molecule has 1 aromatic carbocycles. The van der Waals surface area contributed by atoms with Crippen LogP contribution in [0.5, 0.6) is 0 Å². The van der Waals surface area contributed by atoms with Gasteiger partial charge in [-0.2, -0.15) is 10.1 Å². The van der Waals surface area contributed by atoms with Gasteiger partial charge in [-0.05, 0) is 36.6 Å². The maximum atomic E-state index is 13.0. The molecule has 0 radical (unpaired) electrons. The molecule has 26 heavy (non-hydrogen) atoms. The SMILES string of the molecule is Cn1nccc1C(=O)N1CCCC1c1nc(Cc2ccc(F)cc2)no1. The molecule has 3 heterocycles. The Morgan fingerprint density at radius 1 is 1.31 bits per heavy atom. The highest BCUT2D eigenvalue weighted by Crippen LogP contribution is 2.32. The van der Waals surface area contributed by atoms with E-state index in [1.54, 1.807) is 41.0 Å². The van der Waals surface area contributed by atoms with Crippen LogP contribution in [-0.4, -0.2) is 37.3 Å². The Morgan fingerprint density at radius 2 is 2.12 bits per heavy atom. The molecule has 1 saturated heterocycles. The van der Waals surface area contributed by atoms with Gasteiger partial charge in [0.2, 0.25) is 5.89 Å². The summed E-state index contributed by atoms with van der Waals surface area (Å²) in [5, 5.41) is 8.07. The first-order valence-corrected chi connectivity index (χ1v) is 8.48. The maximum Gasteiger partial charge on any atom is 0.272 e. The van der Waals surface area contributed by atoms with Gasteiger partial charge < -0.3 is 9.42 Å². The minimum atomic E-state index is -0.280. The van der Waals surface area contributed by atoms with Crippen LogP contribution in [0.3, 0.4) is 0 Å². The third-order valence-corrected chi connectivity index (χ3v) is 4.60. The van der Waals surface area contributed by atoms with Gasteiger partial charge in [-0.15, -0.1) is 0 Å². The smallest absolute Gasteiger partial charge is 0.272 e. The van der Waals surface area contributed by atoms with Crippen LogP contribution in [0.25, 0.3) is 0 Å². The standard InChI is InChI=1S/C18H18FN5O2/c1-23-15(8-9-20-23)18(25)24-10-2-3-14(24)17-21-16(22-26-17)11-12-4-6-13(19)7-5-12/h4-9,14H,2-3,10-11H2,1H3. The van der Waals surface area contributed by atoms with Gasteiger partial charge in [-0.3, -0.25) is 9.48 Å². The number of carbonyl (C=O) groups excluding carboxylic acids is 1. The van der Waals surface area contributed by atoms with Crippen molar-refractivity contribution < 1.29 is 13.7 Å². The van der Waals surface area contributed by atoms with Gasteiger partial charge in [0.25, 0.3) is 5.91 Å². The fourth-order valence-electron chi connectivity index (χ4n) is 3.26. The number of hydrogen-bond acceptors (Lipinski definition) is 5. The number of nitrogens with zero attached hydrogens (tertiary/aromatic N) is 5. The number of carbonyl (C=O) groups is 1. The lowest BCUT2D eigenvalue weighted by Crippen LogP contribution is -2.32. The summed E-state index contributed by atoms with van der Waals surface area (Å²) < 4.78 is 20.0. The molecular weight excluding hydrogens is 337 g/mol.